The molecule has 1 heterocycles. The largest absolute Gasteiger partial charge is 0.492 e. The molecule has 7 heteroatoms. The second kappa shape index (κ2) is 8.09. The van der Waals surface area contributed by atoms with Crippen molar-refractivity contribution < 1.29 is 9.53 Å². The zero-order valence-electron chi connectivity index (χ0n) is 13.1. The zero-order chi connectivity index (χ0) is 16.7. The van der Waals surface area contributed by atoms with Crippen LogP contribution in [0.4, 0.5) is 5.95 Å². The topological polar surface area (TPSA) is 107 Å². The van der Waals surface area contributed by atoms with Gasteiger partial charge in [-0.25, -0.2) is 9.97 Å². The van der Waals surface area contributed by atoms with Crippen molar-refractivity contribution in [2.24, 2.45) is 5.73 Å². The summed E-state index contributed by atoms with van der Waals surface area (Å²) in [7, 11) is 1.74. The van der Waals surface area contributed by atoms with E-state index in [0.717, 1.165) is 16.9 Å². The van der Waals surface area contributed by atoms with Crippen LogP contribution in [-0.4, -0.2) is 41.0 Å². The third-order valence-electron chi connectivity index (χ3n) is 3.21. The molecule has 2 aromatic rings. The Morgan fingerprint density at radius 1 is 1.26 bits per heavy atom. The lowest BCUT2D eigenvalue weighted by molar-refractivity contribution is -0.129. The number of carbonyl (C=O) groups is 1. The predicted octanol–water partition coefficient (Wildman–Crippen LogP) is 0.597. The third kappa shape index (κ3) is 5.23. The number of hydrogen-bond acceptors (Lipinski definition) is 6. The van der Waals surface area contributed by atoms with Crippen LogP contribution >= 0.6 is 0 Å². The van der Waals surface area contributed by atoms with Crippen LogP contribution in [0.2, 0.25) is 0 Å². The van der Waals surface area contributed by atoms with Crippen LogP contribution in [0.15, 0.2) is 36.7 Å². The molecule has 0 saturated heterocycles. The van der Waals surface area contributed by atoms with Gasteiger partial charge in [0.1, 0.15) is 12.4 Å². The quantitative estimate of drug-likeness (QED) is 0.774. The van der Waals surface area contributed by atoms with E-state index < -0.39 is 0 Å². The maximum atomic E-state index is 12.3. The highest BCUT2D eigenvalue weighted by Gasteiger charge is 2.11. The molecule has 0 atom stereocenters. The smallest absolute Gasteiger partial charge is 0.227 e. The average Bonchev–Trinajstić information content (AvgIpc) is 2.55. The molecule has 0 fully saturated rings. The Balaban J connectivity index is 1.93. The van der Waals surface area contributed by atoms with Crippen molar-refractivity contribution in [2.45, 2.75) is 13.0 Å². The minimum Gasteiger partial charge on any atom is -0.492 e. The summed E-state index contributed by atoms with van der Waals surface area (Å²) in [5.41, 5.74) is 12.6. The summed E-state index contributed by atoms with van der Waals surface area (Å²) in [4.78, 5) is 21.8. The molecule has 23 heavy (non-hydrogen) atoms. The number of benzene rings is 1. The highest BCUT2D eigenvalue weighted by atomic mass is 16.5. The minimum atomic E-state index is -0.00204. The van der Waals surface area contributed by atoms with Crippen molar-refractivity contribution in [3.8, 4) is 5.75 Å². The van der Waals surface area contributed by atoms with Crippen molar-refractivity contribution in [1.82, 2.24) is 14.9 Å². The zero-order valence-corrected chi connectivity index (χ0v) is 13.1. The van der Waals surface area contributed by atoms with E-state index in [4.69, 9.17) is 16.2 Å². The van der Waals surface area contributed by atoms with Gasteiger partial charge in [0.15, 0.2) is 0 Å². The maximum Gasteiger partial charge on any atom is 0.227 e. The third-order valence-corrected chi connectivity index (χ3v) is 3.21. The lowest BCUT2D eigenvalue weighted by Gasteiger charge is -2.17. The summed E-state index contributed by atoms with van der Waals surface area (Å²) in [6.45, 7) is 1.34. The van der Waals surface area contributed by atoms with Gasteiger partial charge >= 0.3 is 0 Å². The highest BCUT2D eigenvalue weighted by molar-refractivity contribution is 5.78. The molecule has 0 aliphatic rings. The number of anilines is 1. The molecule has 4 N–H and O–H groups in total. The number of likely N-dealkylation sites (N-methyl/N-ethyl adjacent to an activating group) is 1. The Bertz CT molecular complexity index is 645. The van der Waals surface area contributed by atoms with Crippen LogP contribution in [0, 0.1) is 0 Å². The molecule has 2 rings (SSSR count). The fourth-order valence-corrected chi connectivity index (χ4v) is 2.04. The van der Waals surface area contributed by atoms with E-state index in [-0.39, 0.29) is 11.9 Å². The van der Waals surface area contributed by atoms with E-state index in [0.29, 0.717) is 26.1 Å². The molecule has 0 spiro atoms. The van der Waals surface area contributed by atoms with Gasteiger partial charge in [0.25, 0.3) is 0 Å². The van der Waals surface area contributed by atoms with E-state index >= 15 is 0 Å². The molecular weight excluding hydrogens is 294 g/mol. The minimum absolute atomic E-state index is 0.00204. The summed E-state index contributed by atoms with van der Waals surface area (Å²) in [6, 6.07) is 7.46. The summed E-state index contributed by atoms with van der Waals surface area (Å²) in [5, 5.41) is 0. The fourth-order valence-electron chi connectivity index (χ4n) is 2.04. The van der Waals surface area contributed by atoms with Gasteiger partial charge in [-0.2, -0.15) is 0 Å². The highest BCUT2D eigenvalue weighted by Crippen LogP contribution is 2.14. The normalized spacial score (nSPS) is 10.3. The van der Waals surface area contributed by atoms with Gasteiger partial charge in [-0.05, 0) is 17.7 Å². The van der Waals surface area contributed by atoms with Crippen molar-refractivity contribution in [2.75, 3.05) is 25.9 Å². The number of nitrogen functional groups attached to an aromatic ring is 1. The predicted molar refractivity (Wildman–Crippen MR) is 87.6 cm³/mol. The lowest BCUT2D eigenvalue weighted by atomic mass is 10.1. The first-order chi connectivity index (χ1) is 11.1. The second-order valence-corrected chi connectivity index (χ2v) is 5.16. The fraction of sp³-hybridized carbons (Fsp3) is 0.312. The number of amides is 1. The van der Waals surface area contributed by atoms with Crippen molar-refractivity contribution >= 4 is 11.9 Å². The first kappa shape index (κ1) is 16.7. The number of ether oxygens (including phenoxy) is 1. The van der Waals surface area contributed by atoms with Gasteiger partial charge in [0, 0.05) is 38.1 Å². The Labute approximate surface area is 135 Å². The maximum absolute atomic E-state index is 12.3. The number of nitrogens with zero attached hydrogens (tertiary/aromatic N) is 3. The Kier molecular flexibility index (Phi) is 5.87. The van der Waals surface area contributed by atoms with Crippen molar-refractivity contribution in [3.05, 3.63) is 47.8 Å². The molecule has 1 amide bonds. The van der Waals surface area contributed by atoms with E-state index in [1.54, 1.807) is 24.3 Å². The van der Waals surface area contributed by atoms with Crippen molar-refractivity contribution in [3.63, 3.8) is 0 Å². The molecule has 0 bridgehead atoms. The molecule has 7 nitrogen and oxygen atoms in total. The summed E-state index contributed by atoms with van der Waals surface area (Å²) < 4.78 is 5.47. The molecule has 1 aromatic heterocycles. The van der Waals surface area contributed by atoms with E-state index in [2.05, 4.69) is 9.97 Å². The lowest BCUT2D eigenvalue weighted by Crippen LogP contribution is -2.27. The van der Waals surface area contributed by atoms with Gasteiger partial charge in [0.2, 0.25) is 11.9 Å². The van der Waals surface area contributed by atoms with Crippen LogP contribution in [0.5, 0.6) is 5.75 Å². The summed E-state index contributed by atoms with van der Waals surface area (Å²) in [6.07, 6.45) is 3.53. The second-order valence-electron chi connectivity index (χ2n) is 5.16. The number of carbonyl (C=O) groups excluding carboxylic acids is 1. The van der Waals surface area contributed by atoms with Gasteiger partial charge < -0.3 is 21.1 Å². The summed E-state index contributed by atoms with van der Waals surface area (Å²) in [5.74, 6) is 0.935. The van der Waals surface area contributed by atoms with E-state index in [1.807, 2.05) is 24.3 Å². The number of rotatable bonds is 7. The average molecular weight is 315 g/mol. The van der Waals surface area contributed by atoms with Gasteiger partial charge in [-0.15, -0.1) is 0 Å². The summed E-state index contributed by atoms with van der Waals surface area (Å²) >= 11 is 0. The molecular formula is C16H21N5O2. The van der Waals surface area contributed by atoms with Crippen molar-refractivity contribution in [1.29, 1.82) is 0 Å². The molecule has 122 valence electrons. The Morgan fingerprint density at radius 2 is 2.00 bits per heavy atom. The Hall–Kier alpha value is -2.67. The monoisotopic (exact) mass is 315 g/mol. The van der Waals surface area contributed by atoms with Crippen LogP contribution in [-0.2, 0) is 17.8 Å². The molecule has 0 unspecified atom stereocenters. The molecule has 1 aromatic carbocycles. The van der Waals surface area contributed by atoms with Gasteiger partial charge in [-0.3, -0.25) is 4.79 Å². The Morgan fingerprint density at radius 3 is 2.70 bits per heavy atom. The number of nitrogens with two attached hydrogens (primary N) is 2. The van der Waals surface area contributed by atoms with Crippen LogP contribution in [0.25, 0.3) is 0 Å². The van der Waals surface area contributed by atoms with Gasteiger partial charge in [-0.1, -0.05) is 12.1 Å². The first-order valence-electron chi connectivity index (χ1n) is 7.30. The number of hydrogen-bond donors (Lipinski definition) is 2. The van der Waals surface area contributed by atoms with Crippen LogP contribution < -0.4 is 16.2 Å². The van der Waals surface area contributed by atoms with Crippen LogP contribution in [0.1, 0.15) is 11.1 Å². The molecule has 0 saturated carbocycles. The van der Waals surface area contributed by atoms with E-state index in [1.165, 1.54) is 0 Å². The molecule has 0 radical (unpaired) electrons. The van der Waals surface area contributed by atoms with E-state index in [9.17, 15) is 4.79 Å². The number of aromatic nitrogens is 2. The van der Waals surface area contributed by atoms with Crippen LogP contribution in [0.3, 0.4) is 0 Å². The first-order valence-corrected chi connectivity index (χ1v) is 7.30. The SMILES string of the molecule is CN(Cc1cnc(N)nc1)C(=O)Cc1cccc(OCCN)c1. The molecule has 0 aliphatic carbocycles. The standard InChI is InChI=1S/C16H21N5O2/c1-21(11-13-9-19-16(18)20-10-13)15(22)8-12-3-2-4-14(7-12)23-6-5-17/h2-4,7,9-10H,5-6,8,11,17H2,1H3,(H2,18,19,20). The van der Waals surface area contributed by atoms with Gasteiger partial charge in [0.05, 0.1) is 6.42 Å². The molecule has 0 aliphatic heterocycles.